The quantitative estimate of drug-likeness (QED) is 0.875. The number of nitrogens with zero attached hydrogens (tertiary/aromatic N) is 2. The summed E-state index contributed by atoms with van der Waals surface area (Å²) >= 11 is 0. The minimum Gasteiger partial charge on any atom is -0.319 e. The van der Waals surface area contributed by atoms with Crippen molar-refractivity contribution in [3.63, 3.8) is 0 Å². The van der Waals surface area contributed by atoms with Crippen molar-refractivity contribution in [2.24, 2.45) is 7.05 Å². The van der Waals surface area contributed by atoms with Crippen molar-refractivity contribution in [3.05, 3.63) is 42.0 Å². The summed E-state index contributed by atoms with van der Waals surface area (Å²) in [5.41, 5.74) is 3.11. The van der Waals surface area contributed by atoms with E-state index in [2.05, 4.69) is 10.4 Å². The van der Waals surface area contributed by atoms with Crippen molar-refractivity contribution >= 4 is 0 Å². The number of aromatic nitrogens is 2. The first-order valence-electron chi connectivity index (χ1n) is 5.64. The van der Waals surface area contributed by atoms with E-state index in [9.17, 15) is 4.39 Å². The minimum atomic E-state index is -0.214. The summed E-state index contributed by atoms with van der Waals surface area (Å²) in [5.74, 6) is -0.214. The van der Waals surface area contributed by atoms with Gasteiger partial charge in [-0.05, 0) is 24.7 Å². The van der Waals surface area contributed by atoms with Gasteiger partial charge in [0.05, 0.1) is 5.69 Å². The molecule has 2 rings (SSSR count). The van der Waals surface area contributed by atoms with Crippen LogP contribution in [0, 0.1) is 5.82 Å². The number of benzene rings is 1. The molecule has 0 atom stereocenters. The Kier molecular flexibility index (Phi) is 3.54. The third-order valence-electron chi connectivity index (χ3n) is 2.67. The summed E-state index contributed by atoms with van der Waals surface area (Å²) in [4.78, 5) is 0. The molecule has 1 aromatic heterocycles. The predicted octanol–water partition coefficient (Wildman–Crippen LogP) is 1.99. The van der Waals surface area contributed by atoms with Crippen LogP contribution in [0.2, 0.25) is 0 Å². The van der Waals surface area contributed by atoms with Crippen molar-refractivity contribution in [1.29, 1.82) is 0 Å². The Morgan fingerprint density at radius 1 is 1.29 bits per heavy atom. The van der Waals surface area contributed by atoms with E-state index in [1.54, 1.807) is 16.8 Å². The van der Waals surface area contributed by atoms with Crippen LogP contribution in [-0.4, -0.2) is 23.4 Å². The molecule has 0 saturated carbocycles. The van der Waals surface area contributed by atoms with Gasteiger partial charge < -0.3 is 5.32 Å². The van der Waals surface area contributed by atoms with E-state index < -0.39 is 0 Å². The highest BCUT2D eigenvalue weighted by atomic mass is 19.1. The van der Waals surface area contributed by atoms with Crippen LogP contribution in [0.4, 0.5) is 4.39 Å². The third kappa shape index (κ3) is 2.71. The summed E-state index contributed by atoms with van der Waals surface area (Å²) in [6.07, 6.45) is 2.84. The fourth-order valence-corrected chi connectivity index (χ4v) is 1.83. The largest absolute Gasteiger partial charge is 0.319 e. The van der Waals surface area contributed by atoms with E-state index in [0.29, 0.717) is 0 Å². The van der Waals surface area contributed by atoms with E-state index >= 15 is 0 Å². The maximum absolute atomic E-state index is 12.9. The molecule has 0 aliphatic heterocycles. The maximum Gasteiger partial charge on any atom is 0.123 e. The standard InChI is InChI=1S/C13H16FN3/c1-15-8-7-13-12(9-17(2)16-13)10-3-5-11(14)6-4-10/h3-6,9,15H,7-8H2,1-2H3. The summed E-state index contributed by atoms with van der Waals surface area (Å²) < 4.78 is 14.7. The molecule has 1 aromatic carbocycles. The molecule has 0 radical (unpaired) electrons. The third-order valence-corrected chi connectivity index (χ3v) is 2.67. The number of nitrogens with one attached hydrogen (secondary N) is 1. The fourth-order valence-electron chi connectivity index (χ4n) is 1.83. The second-order valence-electron chi connectivity index (χ2n) is 4.02. The Morgan fingerprint density at radius 2 is 2.00 bits per heavy atom. The van der Waals surface area contributed by atoms with Gasteiger partial charge in [0.1, 0.15) is 5.82 Å². The second-order valence-corrected chi connectivity index (χ2v) is 4.02. The Balaban J connectivity index is 2.33. The van der Waals surface area contributed by atoms with E-state index in [0.717, 1.165) is 29.8 Å². The number of hydrogen-bond donors (Lipinski definition) is 1. The van der Waals surface area contributed by atoms with Crippen molar-refractivity contribution in [1.82, 2.24) is 15.1 Å². The van der Waals surface area contributed by atoms with Gasteiger partial charge in [-0.1, -0.05) is 12.1 Å². The molecule has 0 unspecified atom stereocenters. The number of hydrogen-bond acceptors (Lipinski definition) is 2. The fraction of sp³-hybridized carbons (Fsp3) is 0.308. The van der Waals surface area contributed by atoms with Gasteiger partial charge in [0, 0.05) is 31.8 Å². The molecular formula is C13H16FN3. The van der Waals surface area contributed by atoms with Crippen molar-refractivity contribution in [2.45, 2.75) is 6.42 Å². The molecular weight excluding hydrogens is 217 g/mol. The van der Waals surface area contributed by atoms with E-state index in [1.807, 2.05) is 20.3 Å². The maximum atomic E-state index is 12.9. The first-order chi connectivity index (χ1) is 8.20. The lowest BCUT2D eigenvalue weighted by atomic mass is 10.1. The number of rotatable bonds is 4. The molecule has 90 valence electrons. The highest BCUT2D eigenvalue weighted by Crippen LogP contribution is 2.23. The second kappa shape index (κ2) is 5.10. The lowest BCUT2D eigenvalue weighted by Crippen LogP contribution is -2.11. The highest BCUT2D eigenvalue weighted by molar-refractivity contribution is 5.65. The number of likely N-dealkylation sites (N-methyl/N-ethyl adjacent to an activating group) is 1. The number of halogens is 1. The average molecular weight is 233 g/mol. The van der Waals surface area contributed by atoms with Crippen molar-refractivity contribution in [3.8, 4) is 11.1 Å². The number of aryl methyl sites for hydroxylation is 1. The summed E-state index contributed by atoms with van der Waals surface area (Å²) in [6, 6.07) is 6.53. The smallest absolute Gasteiger partial charge is 0.123 e. The van der Waals surface area contributed by atoms with Crippen LogP contribution in [0.15, 0.2) is 30.5 Å². The molecule has 0 fully saturated rings. The van der Waals surface area contributed by atoms with Gasteiger partial charge in [0.15, 0.2) is 0 Å². The lowest BCUT2D eigenvalue weighted by molar-refractivity contribution is 0.628. The molecule has 1 heterocycles. The molecule has 0 spiro atoms. The molecule has 1 N–H and O–H groups in total. The molecule has 2 aromatic rings. The van der Waals surface area contributed by atoms with Crippen LogP contribution in [0.3, 0.4) is 0 Å². The van der Waals surface area contributed by atoms with Crippen molar-refractivity contribution < 1.29 is 4.39 Å². The summed E-state index contributed by atoms with van der Waals surface area (Å²) in [7, 11) is 3.82. The van der Waals surface area contributed by atoms with E-state index in [-0.39, 0.29) is 5.82 Å². The zero-order chi connectivity index (χ0) is 12.3. The molecule has 3 nitrogen and oxygen atoms in total. The van der Waals surface area contributed by atoms with Crippen LogP contribution in [0.5, 0.6) is 0 Å². The molecule has 4 heteroatoms. The van der Waals surface area contributed by atoms with Gasteiger partial charge >= 0.3 is 0 Å². The minimum absolute atomic E-state index is 0.214. The predicted molar refractivity (Wildman–Crippen MR) is 66.2 cm³/mol. The van der Waals surface area contributed by atoms with E-state index in [4.69, 9.17) is 0 Å². The first kappa shape index (κ1) is 11.8. The Hall–Kier alpha value is -1.68. The lowest BCUT2D eigenvalue weighted by Gasteiger charge is -2.02. The van der Waals surface area contributed by atoms with Gasteiger partial charge in [0.25, 0.3) is 0 Å². The van der Waals surface area contributed by atoms with E-state index in [1.165, 1.54) is 12.1 Å². The van der Waals surface area contributed by atoms with Gasteiger partial charge in [-0.2, -0.15) is 5.10 Å². The van der Waals surface area contributed by atoms with Crippen molar-refractivity contribution in [2.75, 3.05) is 13.6 Å². The summed E-state index contributed by atoms with van der Waals surface area (Å²) in [6.45, 7) is 0.880. The topological polar surface area (TPSA) is 29.9 Å². The highest BCUT2D eigenvalue weighted by Gasteiger charge is 2.09. The molecule has 0 saturated heterocycles. The van der Waals surface area contributed by atoms with Gasteiger partial charge in [-0.3, -0.25) is 4.68 Å². The Morgan fingerprint density at radius 3 is 2.65 bits per heavy atom. The zero-order valence-corrected chi connectivity index (χ0v) is 10.1. The first-order valence-corrected chi connectivity index (χ1v) is 5.64. The van der Waals surface area contributed by atoms with Crippen LogP contribution in [-0.2, 0) is 13.5 Å². The van der Waals surface area contributed by atoms with Crippen LogP contribution in [0.25, 0.3) is 11.1 Å². The molecule has 0 bridgehead atoms. The Labute approximate surface area is 100 Å². The average Bonchev–Trinajstić information content (AvgIpc) is 2.69. The van der Waals surface area contributed by atoms with Crippen LogP contribution in [0.1, 0.15) is 5.69 Å². The van der Waals surface area contributed by atoms with Gasteiger partial charge in [0.2, 0.25) is 0 Å². The van der Waals surface area contributed by atoms with Gasteiger partial charge in [-0.25, -0.2) is 4.39 Å². The SMILES string of the molecule is CNCCc1nn(C)cc1-c1ccc(F)cc1. The Bertz CT molecular complexity index is 488. The van der Waals surface area contributed by atoms with Crippen LogP contribution < -0.4 is 5.32 Å². The molecule has 0 amide bonds. The van der Waals surface area contributed by atoms with Crippen LogP contribution >= 0.6 is 0 Å². The van der Waals surface area contributed by atoms with Gasteiger partial charge in [-0.15, -0.1) is 0 Å². The monoisotopic (exact) mass is 233 g/mol. The molecule has 0 aliphatic carbocycles. The molecule has 0 aliphatic rings. The summed E-state index contributed by atoms with van der Waals surface area (Å²) in [5, 5.41) is 7.53. The normalized spacial score (nSPS) is 10.8. The zero-order valence-electron chi connectivity index (χ0n) is 10.1. The molecule has 17 heavy (non-hydrogen) atoms.